The predicted molar refractivity (Wildman–Crippen MR) is 224 cm³/mol. The maximum atomic E-state index is 15.8. The zero-order valence-electron chi connectivity index (χ0n) is 34.7. The van der Waals surface area contributed by atoms with Crippen molar-refractivity contribution in [1.29, 1.82) is 5.26 Å². The number of ether oxygens (including phenoxy) is 1. The predicted octanol–water partition coefficient (Wildman–Crippen LogP) is 3.94. The SMILES string of the molecule is CC1(C)[C@H](NC(=O)c2cnc(N3CCC(CN4CCN(c5ccc6c(c5)C(=O)N(C5CCC(=O)NC5=O)C6=O)CC4)CC3)c(F)c2)C2(C)c3ccnc4c(C#N)ccc(c34)O[C@@H]12. The van der Waals surface area contributed by atoms with Crippen LogP contribution in [0.1, 0.15) is 88.7 Å². The lowest BCUT2D eigenvalue weighted by Gasteiger charge is -2.66. The molecule has 0 spiro atoms. The van der Waals surface area contributed by atoms with Crippen LogP contribution in [0.3, 0.4) is 0 Å². The van der Waals surface area contributed by atoms with E-state index in [-0.39, 0.29) is 47.5 Å². The molecule has 62 heavy (non-hydrogen) atoms. The van der Waals surface area contributed by atoms with Crippen molar-refractivity contribution in [1.82, 2.24) is 30.4 Å². The Hall–Kier alpha value is -6.47. The number of fused-ring (bicyclic) bond motifs is 3. The van der Waals surface area contributed by atoms with E-state index in [1.165, 1.54) is 12.3 Å². The third kappa shape index (κ3) is 6.11. The zero-order chi connectivity index (χ0) is 43.2. The van der Waals surface area contributed by atoms with Gasteiger partial charge in [0.05, 0.1) is 39.2 Å². The standard InChI is InChI=1S/C46H46FN9O6/c1-45(2)43(46(3)31-10-13-49-37-26(22-48)4-8-34(36(31)37)62-44(45)46)52-39(58)27-20-32(47)38(50-23-27)55-14-11-25(12-15-55)24-53-16-18-54(19-17-53)28-5-6-29-30(21-28)42(61)56(41(29)60)33-7-9-35(57)51-40(33)59/h4-6,8,10,13,20-21,23,25,33,43-44H,7,9,11-12,14-19,24H2,1-3H3,(H,52,58)(H,51,57,59)/t33?,43-,44-,46?/m0/s1. The van der Waals surface area contributed by atoms with Crippen molar-refractivity contribution < 1.29 is 33.1 Å². The summed E-state index contributed by atoms with van der Waals surface area (Å²) < 4.78 is 22.3. The molecular formula is C46H46FN9O6. The lowest BCUT2D eigenvalue weighted by Crippen LogP contribution is -2.78. The third-order valence-corrected chi connectivity index (χ3v) is 14.3. The van der Waals surface area contributed by atoms with E-state index in [0.717, 1.165) is 67.1 Å². The van der Waals surface area contributed by atoms with Crippen molar-refractivity contribution in [2.24, 2.45) is 11.3 Å². The highest BCUT2D eigenvalue weighted by atomic mass is 19.1. The van der Waals surface area contributed by atoms with Crippen molar-refractivity contribution in [3.8, 4) is 11.8 Å². The summed E-state index contributed by atoms with van der Waals surface area (Å²) in [5.41, 5.74) is 2.41. The molecule has 4 atom stereocenters. The quantitative estimate of drug-likeness (QED) is 0.257. The molecule has 0 bridgehead atoms. The molecule has 6 aliphatic rings. The number of rotatable bonds is 7. The number of piperidine rings is 2. The van der Waals surface area contributed by atoms with E-state index in [1.807, 2.05) is 23.1 Å². The summed E-state index contributed by atoms with van der Waals surface area (Å²) in [6.45, 7) is 11.5. The Bertz CT molecular complexity index is 2650. The minimum atomic E-state index is -0.999. The second kappa shape index (κ2) is 14.6. The van der Waals surface area contributed by atoms with Gasteiger partial charge in [-0.3, -0.25) is 44.1 Å². The van der Waals surface area contributed by atoms with E-state index < -0.39 is 52.2 Å². The summed E-state index contributed by atoms with van der Waals surface area (Å²) in [6, 6.07) is 12.8. The lowest BCUT2D eigenvalue weighted by molar-refractivity contribution is -0.136. The van der Waals surface area contributed by atoms with Gasteiger partial charge in [0, 0.05) is 81.1 Å². The van der Waals surface area contributed by atoms with Crippen LogP contribution in [0.15, 0.2) is 54.9 Å². The first-order valence-corrected chi connectivity index (χ1v) is 21.3. The second-order valence-electron chi connectivity index (χ2n) is 18.2. The van der Waals surface area contributed by atoms with Crippen LogP contribution in [0.4, 0.5) is 15.9 Å². The fourth-order valence-electron chi connectivity index (χ4n) is 11.2. The molecule has 16 heteroatoms. The van der Waals surface area contributed by atoms with E-state index >= 15 is 4.39 Å². The molecule has 2 N–H and O–H groups in total. The number of piperazine rings is 1. The Morgan fingerprint density at radius 2 is 1.69 bits per heavy atom. The number of amides is 5. The van der Waals surface area contributed by atoms with Gasteiger partial charge in [-0.25, -0.2) is 9.37 Å². The molecule has 5 amide bonds. The van der Waals surface area contributed by atoms with Crippen LogP contribution < -0.4 is 25.2 Å². The number of imide groups is 2. The van der Waals surface area contributed by atoms with Crippen LogP contribution in [0.5, 0.6) is 5.75 Å². The number of benzene rings is 2. The van der Waals surface area contributed by atoms with E-state index in [2.05, 4.69) is 57.2 Å². The van der Waals surface area contributed by atoms with Gasteiger partial charge in [-0.15, -0.1) is 0 Å². The fourth-order valence-corrected chi connectivity index (χ4v) is 11.2. The number of aromatic nitrogens is 2. The summed E-state index contributed by atoms with van der Waals surface area (Å²) in [5, 5.41) is 15.9. The molecule has 4 aromatic rings. The molecule has 1 aliphatic carbocycles. The van der Waals surface area contributed by atoms with Gasteiger partial charge >= 0.3 is 0 Å². The highest BCUT2D eigenvalue weighted by molar-refractivity contribution is 6.23. The van der Waals surface area contributed by atoms with E-state index in [0.29, 0.717) is 35.8 Å². The Labute approximate surface area is 357 Å². The number of nitrogens with zero attached hydrogens (tertiary/aromatic N) is 7. The monoisotopic (exact) mass is 839 g/mol. The number of pyridine rings is 2. The zero-order valence-corrected chi connectivity index (χ0v) is 34.7. The van der Waals surface area contributed by atoms with Gasteiger partial charge < -0.3 is 19.9 Å². The molecule has 7 heterocycles. The first-order valence-electron chi connectivity index (χ1n) is 21.3. The van der Waals surface area contributed by atoms with E-state index in [9.17, 15) is 29.2 Å². The van der Waals surface area contributed by atoms with Gasteiger partial charge in [-0.05, 0) is 80.1 Å². The number of nitrogens with one attached hydrogen (secondary N) is 2. The number of nitriles is 1. The normalized spacial score (nSPS) is 25.7. The molecule has 2 unspecified atom stereocenters. The average molecular weight is 840 g/mol. The topological polar surface area (TPSA) is 181 Å². The molecular weight excluding hydrogens is 794 g/mol. The first kappa shape index (κ1) is 39.7. The van der Waals surface area contributed by atoms with E-state index in [4.69, 9.17) is 4.74 Å². The molecule has 318 valence electrons. The van der Waals surface area contributed by atoms with Crippen LogP contribution in [-0.4, -0.2) is 113 Å². The molecule has 1 saturated carbocycles. The molecule has 5 aliphatic heterocycles. The Balaban J connectivity index is 0.732. The van der Waals surface area contributed by atoms with Crippen molar-refractivity contribution in [2.45, 2.75) is 70.1 Å². The summed E-state index contributed by atoms with van der Waals surface area (Å²) in [4.78, 5) is 80.9. The maximum Gasteiger partial charge on any atom is 0.262 e. The van der Waals surface area contributed by atoms with E-state index in [1.54, 1.807) is 24.4 Å². The van der Waals surface area contributed by atoms with Gasteiger partial charge in [0.1, 0.15) is 24.0 Å². The summed E-state index contributed by atoms with van der Waals surface area (Å²) in [5.74, 6) is -1.69. The van der Waals surface area contributed by atoms with Gasteiger partial charge in [-0.2, -0.15) is 5.26 Å². The average Bonchev–Trinajstić information content (AvgIpc) is 3.52. The van der Waals surface area contributed by atoms with Crippen LogP contribution in [0.25, 0.3) is 10.9 Å². The number of carbonyl (C=O) groups is 5. The van der Waals surface area contributed by atoms with Gasteiger partial charge in [0.15, 0.2) is 11.6 Å². The van der Waals surface area contributed by atoms with Crippen molar-refractivity contribution >= 4 is 51.9 Å². The highest BCUT2D eigenvalue weighted by Gasteiger charge is 2.69. The summed E-state index contributed by atoms with van der Waals surface area (Å²) >= 11 is 0. The largest absolute Gasteiger partial charge is 0.488 e. The smallest absolute Gasteiger partial charge is 0.262 e. The second-order valence-corrected chi connectivity index (χ2v) is 18.2. The Morgan fingerprint density at radius 3 is 2.42 bits per heavy atom. The van der Waals surface area contributed by atoms with Crippen molar-refractivity contribution in [3.05, 3.63) is 88.5 Å². The molecule has 0 radical (unpaired) electrons. The number of halogens is 1. The number of hydrogen-bond donors (Lipinski definition) is 2. The number of hydrogen-bond acceptors (Lipinski definition) is 12. The minimum absolute atomic E-state index is 0.0718. The van der Waals surface area contributed by atoms with Crippen LogP contribution in [0, 0.1) is 28.5 Å². The maximum absolute atomic E-state index is 15.8. The number of anilines is 2. The molecule has 10 rings (SSSR count). The van der Waals surface area contributed by atoms with Crippen molar-refractivity contribution in [2.75, 3.05) is 55.6 Å². The summed E-state index contributed by atoms with van der Waals surface area (Å²) in [7, 11) is 0. The van der Waals surface area contributed by atoms with Crippen LogP contribution >= 0.6 is 0 Å². The first-order chi connectivity index (χ1) is 29.8. The summed E-state index contributed by atoms with van der Waals surface area (Å²) in [6.07, 6.45) is 4.81. The Kier molecular flexibility index (Phi) is 9.32. The molecule has 2 aromatic heterocycles. The minimum Gasteiger partial charge on any atom is -0.488 e. The molecule has 3 saturated heterocycles. The molecule has 2 aromatic carbocycles. The fraction of sp³-hybridized carbons (Fsp3) is 0.435. The van der Waals surface area contributed by atoms with Gasteiger partial charge in [0.25, 0.3) is 17.7 Å². The van der Waals surface area contributed by atoms with Crippen LogP contribution in [0.2, 0.25) is 0 Å². The number of carbonyl (C=O) groups excluding carboxylic acids is 5. The van der Waals surface area contributed by atoms with Crippen molar-refractivity contribution in [3.63, 3.8) is 0 Å². The Morgan fingerprint density at radius 1 is 0.935 bits per heavy atom. The lowest BCUT2D eigenvalue weighted by atomic mass is 9.45. The highest BCUT2D eigenvalue weighted by Crippen LogP contribution is 2.61. The molecule has 4 fully saturated rings. The third-order valence-electron chi connectivity index (χ3n) is 14.3. The molecule has 15 nitrogen and oxygen atoms in total. The van der Waals surface area contributed by atoms with Gasteiger partial charge in [0.2, 0.25) is 11.8 Å². The van der Waals surface area contributed by atoms with Gasteiger partial charge in [-0.1, -0.05) is 13.8 Å². The van der Waals surface area contributed by atoms with Crippen LogP contribution in [-0.2, 0) is 15.0 Å².